The predicted molar refractivity (Wildman–Crippen MR) is 65.6 cm³/mol. The van der Waals surface area contributed by atoms with Crippen LogP contribution < -0.4 is 4.72 Å². The molecule has 0 saturated heterocycles. The monoisotopic (exact) mass is 272 g/mol. The van der Waals surface area contributed by atoms with Gasteiger partial charge in [-0.15, -0.1) is 0 Å². The Bertz CT molecular complexity index is 526. The molecule has 0 atom stereocenters. The second-order valence-corrected chi connectivity index (χ2v) is 5.84. The molecule has 0 aliphatic rings. The van der Waals surface area contributed by atoms with Gasteiger partial charge in [-0.05, 0) is 12.0 Å². The topological polar surface area (TPSA) is 85.4 Å². The van der Waals surface area contributed by atoms with E-state index in [0.717, 1.165) is 6.20 Å². The van der Waals surface area contributed by atoms with Gasteiger partial charge in [0, 0.05) is 18.9 Å². The SMILES string of the molecule is COC(=O)c1ccncc1S(=O)(=O)NCC(C)C. The summed E-state index contributed by atoms with van der Waals surface area (Å²) in [7, 11) is -2.56. The van der Waals surface area contributed by atoms with Crippen LogP contribution in [0.3, 0.4) is 0 Å². The van der Waals surface area contributed by atoms with Gasteiger partial charge in [-0.3, -0.25) is 4.98 Å². The molecule has 1 rings (SSSR count). The van der Waals surface area contributed by atoms with Gasteiger partial charge in [-0.1, -0.05) is 13.8 Å². The number of rotatable bonds is 5. The summed E-state index contributed by atoms with van der Waals surface area (Å²) in [5.74, 6) is -0.541. The van der Waals surface area contributed by atoms with E-state index in [9.17, 15) is 13.2 Å². The average molecular weight is 272 g/mol. The van der Waals surface area contributed by atoms with E-state index in [1.54, 1.807) is 0 Å². The molecule has 7 heteroatoms. The Morgan fingerprint density at radius 1 is 1.50 bits per heavy atom. The predicted octanol–water partition coefficient (Wildman–Crippen LogP) is 0.802. The van der Waals surface area contributed by atoms with E-state index >= 15 is 0 Å². The third-order valence-corrected chi connectivity index (χ3v) is 3.61. The molecular formula is C11H16N2O4S. The molecule has 1 heterocycles. The molecule has 0 amide bonds. The third-order valence-electron chi connectivity index (χ3n) is 2.16. The van der Waals surface area contributed by atoms with E-state index in [2.05, 4.69) is 14.4 Å². The number of hydrogen-bond acceptors (Lipinski definition) is 5. The Morgan fingerprint density at radius 2 is 2.17 bits per heavy atom. The zero-order valence-electron chi connectivity index (χ0n) is 10.5. The van der Waals surface area contributed by atoms with Crippen LogP contribution in [0, 0.1) is 5.92 Å². The number of carbonyl (C=O) groups is 1. The summed E-state index contributed by atoms with van der Waals surface area (Å²) < 4.78 is 31.0. The van der Waals surface area contributed by atoms with Crippen molar-refractivity contribution in [1.82, 2.24) is 9.71 Å². The van der Waals surface area contributed by atoms with Gasteiger partial charge in [0.2, 0.25) is 10.0 Å². The quantitative estimate of drug-likeness (QED) is 0.801. The summed E-state index contributed by atoms with van der Waals surface area (Å²) in [6, 6.07) is 1.32. The molecule has 0 aliphatic heterocycles. The minimum atomic E-state index is -3.75. The van der Waals surface area contributed by atoms with E-state index in [1.807, 2.05) is 13.8 Å². The van der Waals surface area contributed by atoms with Crippen LogP contribution in [0.1, 0.15) is 24.2 Å². The number of aromatic nitrogens is 1. The van der Waals surface area contributed by atoms with Gasteiger partial charge in [0.1, 0.15) is 4.90 Å². The number of ether oxygens (including phenoxy) is 1. The highest BCUT2D eigenvalue weighted by atomic mass is 32.2. The van der Waals surface area contributed by atoms with Crippen molar-refractivity contribution in [1.29, 1.82) is 0 Å². The molecule has 0 saturated carbocycles. The summed E-state index contributed by atoms with van der Waals surface area (Å²) in [4.78, 5) is 15.0. The van der Waals surface area contributed by atoms with Crippen molar-refractivity contribution in [3.05, 3.63) is 24.0 Å². The lowest BCUT2D eigenvalue weighted by Gasteiger charge is -2.11. The lowest BCUT2D eigenvalue weighted by Crippen LogP contribution is -2.29. The van der Waals surface area contributed by atoms with E-state index in [1.165, 1.54) is 19.4 Å². The lowest BCUT2D eigenvalue weighted by molar-refractivity contribution is 0.0596. The molecule has 1 N–H and O–H groups in total. The Hall–Kier alpha value is -1.47. The van der Waals surface area contributed by atoms with Crippen LogP contribution in [-0.2, 0) is 14.8 Å². The zero-order chi connectivity index (χ0) is 13.8. The molecule has 0 unspecified atom stereocenters. The second-order valence-electron chi connectivity index (χ2n) is 4.11. The fraction of sp³-hybridized carbons (Fsp3) is 0.455. The first kappa shape index (κ1) is 14.6. The number of pyridine rings is 1. The van der Waals surface area contributed by atoms with Crippen LogP contribution in [0.25, 0.3) is 0 Å². The molecule has 0 aliphatic carbocycles. The highest BCUT2D eigenvalue weighted by Gasteiger charge is 2.23. The normalized spacial score (nSPS) is 11.6. The van der Waals surface area contributed by atoms with Gasteiger partial charge >= 0.3 is 5.97 Å². The number of nitrogens with zero attached hydrogens (tertiary/aromatic N) is 1. The van der Waals surface area contributed by atoms with Crippen molar-refractivity contribution < 1.29 is 17.9 Å². The lowest BCUT2D eigenvalue weighted by atomic mass is 10.2. The summed E-state index contributed by atoms with van der Waals surface area (Å²) in [6.07, 6.45) is 2.47. The van der Waals surface area contributed by atoms with Crippen LogP contribution in [0.2, 0.25) is 0 Å². The standard InChI is InChI=1S/C11H16N2O4S/c1-8(2)6-13-18(15,16)10-7-12-5-4-9(10)11(14)17-3/h4-5,7-8,13H,6H2,1-3H3. The summed E-state index contributed by atoms with van der Waals surface area (Å²) in [5.41, 5.74) is -0.0243. The first-order valence-corrected chi connectivity index (χ1v) is 6.88. The fourth-order valence-electron chi connectivity index (χ4n) is 1.23. The van der Waals surface area contributed by atoms with Gasteiger partial charge in [0.15, 0.2) is 0 Å². The number of hydrogen-bond donors (Lipinski definition) is 1. The van der Waals surface area contributed by atoms with E-state index in [-0.39, 0.29) is 22.9 Å². The van der Waals surface area contributed by atoms with Crippen LogP contribution in [-0.4, -0.2) is 33.0 Å². The van der Waals surface area contributed by atoms with Gasteiger partial charge in [0.05, 0.1) is 12.7 Å². The molecule has 1 aromatic rings. The molecule has 0 fully saturated rings. The number of nitrogens with one attached hydrogen (secondary N) is 1. The molecule has 0 aromatic carbocycles. The highest BCUT2D eigenvalue weighted by Crippen LogP contribution is 2.15. The Labute approximate surface area is 106 Å². The maximum Gasteiger partial charge on any atom is 0.339 e. The first-order chi connectivity index (χ1) is 8.38. The van der Waals surface area contributed by atoms with Gasteiger partial charge in [0.25, 0.3) is 0 Å². The number of carbonyl (C=O) groups excluding carboxylic acids is 1. The van der Waals surface area contributed by atoms with Crippen LogP contribution in [0.5, 0.6) is 0 Å². The van der Waals surface area contributed by atoms with Crippen molar-refractivity contribution in [2.24, 2.45) is 5.92 Å². The van der Waals surface area contributed by atoms with Crippen molar-refractivity contribution in [2.75, 3.05) is 13.7 Å². The van der Waals surface area contributed by atoms with Crippen molar-refractivity contribution in [3.8, 4) is 0 Å². The van der Waals surface area contributed by atoms with Gasteiger partial charge in [-0.2, -0.15) is 0 Å². The second kappa shape index (κ2) is 5.92. The van der Waals surface area contributed by atoms with Gasteiger partial charge < -0.3 is 4.74 Å². The fourth-order valence-corrected chi connectivity index (χ4v) is 2.58. The maximum absolute atomic E-state index is 12.0. The molecule has 0 spiro atoms. The van der Waals surface area contributed by atoms with Crippen LogP contribution in [0.4, 0.5) is 0 Å². The Kier molecular flexibility index (Phi) is 4.80. The molecule has 0 radical (unpaired) electrons. The Morgan fingerprint density at radius 3 is 2.72 bits per heavy atom. The van der Waals surface area contributed by atoms with Crippen molar-refractivity contribution in [3.63, 3.8) is 0 Å². The van der Waals surface area contributed by atoms with Crippen molar-refractivity contribution in [2.45, 2.75) is 18.7 Å². The molecule has 6 nitrogen and oxygen atoms in total. The largest absolute Gasteiger partial charge is 0.465 e. The van der Waals surface area contributed by atoms with Crippen LogP contribution >= 0.6 is 0 Å². The minimum Gasteiger partial charge on any atom is -0.465 e. The first-order valence-electron chi connectivity index (χ1n) is 5.40. The third kappa shape index (κ3) is 3.51. The molecule has 1 aromatic heterocycles. The zero-order valence-corrected chi connectivity index (χ0v) is 11.3. The molecule has 100 valence electrons. The summed E-state index contributed by atoms with van der Waals surface area (Å²) in [5, 5.41) is 0. The highest BCUT2D eigenvalue weighted by molar-refractivity contribution is 7.89. The average Bonchev–Trinajstić information content (AvgIpc) is 2.35. The number of sulfonamides is 1. The molecule has 18 heavy (non-hydrogen) atoms. The molecular weight excluding hydrogens is 256 g/mol. The van der Waals surface area contributed by atoms with E-state index in [4.69, 9.17) is 0 Å². The van der Waals surface area contributed by atoms with Gasteiger partial charge in [-0.25, -0.2) is 17.9 Å². The van der Waals surface area contributed by atoms with Crippen molar-refractivity contribution >= 4 is 16.0 Å². The Balaban J connectivity index is 3.12. The number of methoxy groups -OCH3 is 1. The number of esters is 1. The summed E-state index contributed by atoms with van der Waals surface area (Å²) >= 11 is 0. The van der Waals surface area contributed by atoms with Crippen LogP contribution in [0.15, 0.2) is 23.4 Å². The smallest absolute Gasteiger partial charge is 0.339 e. The summed E-state index contributed by atoms with van der Waals surface area (Å²) in [6.45, 7) is 4.05. The minimum absolute atomic E-state index is 0.0243. The van der Waals surface area contributed by atoms with E-state index < -0.39 is 16.0 Å². The van der Waals surface area contributed by atoms with E-state index in [0.29, 0.717) is 0 Å². The maximum atomic E-state index is 12.0. The molecule has 0 bridgehead atoms.